The molecule has 0 aromatic rings. The van der Waals surface area contributed by atoms with Crippen LogP contribution >= 0.6 is 0 Å². The average molecular weight is 871 g/mol. The Morgan fingerprint density at radius 3 is 0.952 bits per heavy atom. The van der Waals surface area contributed by atoms with Crippen molar-refractivity contribution in [2.24, 2.45) is 0 Å². The van der Waals surface area contributed by atoms with Crippen molar-refractivity contribution < 1.29 is 28.6 Å². The summed E-state index contributed by atoms with van der Waals surface area (Å²) in [6.07, 6.45) is 59.8. The minimum atomic E-state index is -0.777. The van der Waals surface area contributed by atoms with Crippen molar-refractivity contribution in [2.45, 2.75) is 290 Å². The number of ether oxygens (including phenoxy) is 3. The molecule has 0 aromatic carbocycles. The third kappa shape index (κ3) is 48.7. The van der Waals surface area contributed by atoms with E-state index in [0.29, 0.717) is 19.3 Å². The van der Waals surface area contributed by atoms with E-state index in [9.17, 15) is 14.4 Å². The van der Waals surface area contributed by atoms with Crippen molar-refractivity contribution in [3.05, 3.63) is 36.5 Å². The zero-order valence-electron chi connectivity index (χ0n) is 41.4. The number of carbonyl (C=O) groups is 3. The van der Waals surface area contributed by atoms with Crippen LogP contribution in [0.2, 0.25) is 0 Å². The fourth-order valence-electron chi connectivity index (χ4n) is 7.76. The molecule has 0 amide bonds. The lowest BCUT2D eigenvalue weighted by Crippen LogP contribution is -2.30. The van der Waals surface area contributed by atoms with Crippen molar-refractivity contribution >= 4 is 17.9 Å². The second-order valence-electron chi connectivity index (χ2n) is 18.1. The highest BCUT2D eigenvalue weighted by Gasteiger charge is 2.19. The van der Waals surface area contributed by atoms with E-state index in [2.05, 4.69) is 57.2 Å². The zero-order chi connectivity index (χ0) is 45.1. The Hall–Kier alpha value is -2.37. The Morgan fingerprint density at radius 1 is 0.323 bits per heavy atom. The number of esters is 3. The summed E-state index contributed by atoms with van der Waals surface area (Å²) in [7, 11) is 0. The molecule has 6 heteroatoms. The van der Waals surface area contributed by atoms with Gasteiger partial charge in [0.25, 0.3) is 0 Å². The molecule has 0 saturated heterocycles. The number of hydrogen-bond acceptors (Lipinski definition) is 6. The lowest BCUT2D eigenvalue weighted by Gasteiger charge is -2.18. The smallest absolute Gasteiger partial charge is 0.306 e. The fourth-order valence-corrected chi connectivity index (χ4v) is 7.76. The standard InChI is InChI=1S/C56H102O6/c1-4-7-10-13-16-19-22-25-27-28-29-32-34-37-40-43-46-49-55(58)61-52-53(51-60-54(57)48-45-42-39-36-33-30-24-21-18-15-12-9-6-3)62-56(59)50-47-44-41-38-35-31-26-23-20-17-14-11-8-5-2/h16,19,25,27,30,33,53H,4-15,17-18,20-24,26,28-29,31-32,34-52H2,1-3H3/b19-16-,27-25-,33-30-. The predicted molar refractivity (Wildman–Crippen MR) is 266 cm³/mol. The van der Waals surface area contributed by atoms with E-state index in [4.69, 9.17) is 14.2 Å². The van der Waals surface area contributed by atoms with Gasteiger partial charge in [0.2, 0.25) is 0 Å². The van der Waals surface area contributed by atoms with Gasteiger partial charge in [0, 0.05) is 19.3 Å². The van der Waals surface area contributed by atoms with Crippen LogP contribution in [0.5, 0.6) is 0 Å². The zero-order valence-corrected chi connectivity index (χ0v) is 41.4. The van der Waals surface area contributed by atoms with Gasteiger partial charge in [-0.3, -0.25) is 14.4 Å². The topological polar surface area (TPSA) is 78.9 Å². The highest BCUT2D eigenvalue weighted by Crippen LogP contribution is 2.16. The monoisotopic (exact) mass is 871 g/mol. The molecule has 6 nitrogen and oxygen atoms in total. The molecule has 0 aliphatic carbocycles. The molecular formula is C56H102O6. The van der Waals surface area contributed by atoms with Crippen LogP contribution < -0.4 is 0 Å². The van der Waals surface area contributed by atoms with E-state index in [1.54, 1.807) is 0 Å². The first kappa shape index (κ1) is 59.6. The van der Waals surface area contributed by atoms with Crippen molar-refractivity contribution in [2.75, 3.05) is 13.2 Å². The fraction of sp³-hybridized carbons (Fsp3) is 0.839. The van der Waals surface area contributed by atoms with Gasteiger partial charge in [0.1, 0.15) is 13.2 Å². The summed E-state index contributed by atoms with van der Waals surface area (Å²) in [5.41, 5.74) is 0. The van der Waals surface area contributed by atoms with Gasteiger partial charge >= 0.3 is 17.9 Å². The first-order chi connectivity index (χ1) is 30.5. The molecule has 0 heterocycles. The lowest BCUT2D eigenvalue weighted by atomic mass is 10.0. The molecule has 0 N–H and O–H groups in total. The summed E-state index contributed by atoms with van der Waals surface area (Å²) in [6.45, 7) is 6.61. The largest absolute Gasteiger partial charge is 0.462 e. The minimum Gasteiger partial charge on any atom is -0.462 e. The highest BCUT2D eigenvalue weighted by atomic mass is 16.6. The highest BCUT2D eigenvalue weighted by molar-refractivity contribution is 5.71. The van der Waals surface area contributed by atoms with Crippen molar-refractivity contribution in [1.29, 1.82) is 0 Å². The van der Waals surface area contributed by atoms with Crippen molar-refractivity contribution in [3.8, 4) is 0 Å². The first-order valence-electron chi connectivity index (χ1n) is 27.0. The number of unbranched alkanes of at least 4 members (excludes halogenated alkanes) is 32. The lowest BCUT2D eigenvalue weighted by molar-refractivity contribution is -0.167. The van der Waals surface area contributed by atoms with Crippen LogP contribution in [0.4, 0.5) is 0 Å². The Morgan fingerprint density at radius 2 is 0.581 bits per heavy atom. The van der Waals surface area contributed by atoms with E-state index in [-0.39, 0.29) is 31.1 Å². The molecule has 0 radical (unpaired) electrons. The van der Waals surface area contributed by atoms with E-state index in [0.717, 1.165) is 83.5 Å². The third-order valence-electron chi connectivity index (χ3n) is 11.9. The van der Waals surface area contributed by atoms with Gasteiger partial charge in [-0.2, -0.15) is 0 Å². The van der Waals surface area contributed by atoms with Crippen LogP contribution in [0.15, 0.2) is 36.5 Å². The van der Waals surface area contributed by atoms with Gasteiger partial charge in [-0.15, -0.1) is 0 Å². The average Bonchev–Trinajstić information content (AvgIpc) is 3.27. The SMILES string of the molecule is CCCCC/C=C\C/C=C\CCCCCCCCCC(=O)OCC(COC(=O)CCCCC/C=C\CCCCCCCC)OC(=O)CCCCCCCCCCCCCCCC. The van der Waals surface area contributed by atoms with Crippen molar-refractivity contribution in [1.82, 2.24) is 0 Å². The Kier molecular flexibility index (Phi) is 49.3. The molecule has 0 rings (SSSR count). The molecule has 0 saturated carbocycles. The number of hydrogen-bond donors (Lipinski definition) is 0. The summed E-state index contributed by atoms with van der Waals surface area (Å²) in [5.74, 6) is -0.889. The second-order valence-corrected chi connectivity index (χ2v) is 18.1. The first-order valence-corrected chi connectivity index (χ1v) is 27.0. The van der Waals surface area contributed by atoms with Crippen LogP contribution in [0.1, 0.15) is 284 Å². The quantitative estimate of drug-likeness (QED) is 0.0262. The number of carbonyl (C=O) groups excluding carboxylic acids is 3. The molecule has 0 aliphatic heterocycles. The normalized spacial score (nSPS) is 12.2. The van der Waals surface area contributed by atoms with E-state index in [1.807, 2.05) is 0 Å². The van der Waals surface area contributed by atoms with Crippen LogP contribution in [0.25, 0.3) is 0 Å². The molecule has 362 valence electrons. The summed E-state index contributed by atoms with van der Waals surface area (Å²) in [4.78, 5) is 38.0. The van der Waals surface area contributed by atoms with Crippen LogP contribution in [0.3, 0.4) is 0 Å². The Bertz CT molecular complexity index is 1050. The summed E-state index contributed by atoms with van der Waals surface area (Å²) >= 11 is 0. The molecular weight excluding hydrogens is 769 g/mol. The predicted octanol–water partition coefficient (Wildman–Crippen LogP) is 17.7. The third-order valence-corrected chi connectivity index (χ3v) is 11.9. The molecule has 0 aliphatic rings. The van der Waals surface area contributed by atoms with Crippen molar-refractivity contribution in [3.63, 3.8) is 0 Å². The van der Waals surface area contributed by atoms with E-state index < -0.39 is 6.10 Å². The molecule has 0 spiro atoms. The summed E-state index contributed by atoms with van der Waals surface area (Å²) in [6, 6.07) is 0. The molecule has 1 atom stereocenters. The van der Waals surface area contributed by atoms with Gasteiger partial charge in [-0.25, -0.2) is 0 Å². The Balaban J connectivity index is 4.37. The molecule has 62 heavy (non-hydrogen) atoms. The molecule has 0 fully saturated rings. The molecule has 0 aromatic heterocycles. The van der Waals surface area contributed by atoms with Crippen LogP contribution in [-0.4, -0.2) is 37.2 Å². The summed E-state index contributed by atoms with van der Waals surface area (Å²) < 4.78 is 16.8. The van der Waals surface area contributed by atoms with Gasteiger partial charge < -0.3 is 14.2 Å². The maximum Gasteiger partial charge on any atom is 0.306 e. The maximum absolute atomic E-state index is 12.8. The van der Waals surface area contributed by atoms with Crippen LogP contribution in [-0.2, 0) is 28.6 Å². The minimum absolute atomic E-state index is 0.0780. The maximum atomic E-state index is 12.8. The van der Waals surface area contributed by atoms with Gasteiger partial charge in [0.05, 0.1) is 0 Å². The van der Waals surface area contributed by atoms with Gasteiger partial charge in [0.15, 0.2) is 6.10 Å². The van der Waals surface area contributed by atoms with Gasteiger partial charge in [-0.05, 0) is 77.0 Å². The molecule has 1 unspecified atom stereocenters. The Labute approximate surface area is 385 Å². The van der Waals surface area contributed by atoms with Crippen LogP contribution in [0, 0.1) is 0 Å². The summed E-state index contributed by atoms with van der Waals surface area (Å²) in [5, 5.41) is 0. The van der Waals surface area contributed by atoms with Gasteiger partial charge in [-0.1, -0.05) is 224 Å². The second kappa shape index (κ2) is 51.3. The molecule has 0 bridgehead atoms. The van der Waals surface area contributed by atoms with E-state index >= 15 is 0 Å². The van der Waals surface area contributed by atoms with E-state index in [1.165, 1.54) is 161 Å². The number of allylic oxidation sites excluding steroid dienone is 6. The number of rotatable bonds is 49.